The molecule has 3 atom stereocenters. The summed E-state index contributed by atoms with van der Waals surface area (Å²) in [4.78, 5) is 12.9. The zero-order valence-corrected chi connectivity index (χ0v) is 12.8. The van der Waals surface area contributed by atoms with E-state index in [9.17, 15) is 4.79 Å². The van der Waals surface area contributed by atoms with Crippen molar-refractivity contribution in [2.75, 3.05) is 6.61 Å². The van der Waals surface area contributed by atoms with Crippen LogP contribution in [0.3, 0.4) is 0 Å². The molecule has 3 nitrogen and oxygen atoms in total. The van der Waals surface area contributed by atoms with Crippen molar-refractivity contribution in [1.82, 2.24) is 5.32 Å². The van der Waals surface area contributed by atoms with E-state index in [0.717, 1.165) is 25.9 Å². The molecular weight excluding hydrogens is 262 g/mol. The highest BCUT2D eigenvalue weighted by Crippen LogP contribution is 2.54. The minimum absolute atomic E-state index is 0.0591. The summed E-state index contributed by atoms with van der Waals surface area (Å²) in [5, 5.41) is 3.36. The van der Waals surface area contributed by atoms with Gasteiger partial charge in [-0.25, -0.2) is 0 Å². The van der Waals surface area contributed by atoms with Crippen LogP contribution in [0.25, 0.3) is 0 Å². The topological polar surface area (TPSA) is 38.3 Å². The van der Waals surface area contributed by atoms with Crippen LogP contribution >= 0.6 is 0 Å². The number of fused-ring (bicyclic) bond motifs is 1. The number of hydrogen-bond acceptors (Lipinski definition) is 2. The average molecular weight is 285 g/mol. The fourth-order valence-corrected chi connectivity index (χ4v) is 4.43. The molecule has 3 aliphatic rings. The Hall–Kier alpha value is -1.35. The molecule has 3 fully saturated rings. The number of rotatable bonds is 3. The van der Waals surface area contributed by atoms with Crippen LogP contribution < -0.4 is 5.32 Å². The Morgan fingerprint density at radius 1 is 1.24 bits per heavy atom. The Labute approximate surface area is 126 Å². The molecule has 0 spiro atoms. The Bertz CT molecular complexity index is 562. The summed E-state index contributed by atoms with van der Waals surface area (Å²) in [5.74, 6) is 0.729. The van der Waals surface area contributed by atoms with Gasteiger partial charge in [-0.2, -0.15) is 0 Å². The molecule has 1 saturated heterocycles. The standard InChI is InChI=1S/C18H23NO2/c1-17(2)14(13-8-11-21-15(13)17)19-16(20)18(9-10-18)12-6-4-3-5-7-12/h3-7,13-15H,8-11H2,1-2H3,(H,19,20). The van der Waals surface area contributed by atoms with Gasteiger partial charge in [0.1, 0.15) is 0 Å². The molecule has 0 aromatic heterocycles. The molecule has 3 unspecified atom stereocenters. The second-order valence-electron chi connectivity index (χ2n) is 7.46. The van der Waals surface area contributed by atoms with E-state index in [0.29, 0.717) is 12.0 Å². The van der Waals surface area contributed by atoms with Crippen molar-refractivity contribution in [1.29, 1.82) is 0 Å². The van der Waals surface area contributed by atoms with Gasteiger partial charge in [0.05, 0.1) is 11.5 Å². The number of hydrogen-bond donors (Lipinski definition) is 1. The predicted octanol–water partition coefficient (Wildman–Crippen LogP) is 2.65. The summed E-state index contributed by atoms with van der Waals surface area (Å²) < 4.78 is 5.81. The van der Waals surface area contributed by atoms with E-state index in [1.54, 1.807) is 0 Å². The molecule has 4 rings (SSSR count). The monoisotopic (exact) mass is 285 g/mol. The Balaban J connectivity index is 1.52. The minimum atomic E-state index is -0.262. The third-order valence-electron chi connectivity index (χ3n) is 5.90. The highest BCUT2D eigenvalue weighted by atomic mass is 16.5. The first-order chi connectivity index (χ1) is 10.1. The molecule has 2 aliphatic carbocycles. The van der Waals surface area contributed by atoms with Crippen LogP contribution in [0.5, 0.6) is 0 Å². The van der Waals surface area contributed by atoms with E-state index in [1.165, 1.54) is 5.56 Å². The van der Waals surface area contributed by atoms with E-state index in [4.69, 9.17) is 4.74 Å². The fourth-order valence-electron chi connectivity index (χ4n) is 4.43. The zero-order valence-electron chi connectivity index (χ0n) is 12.8. The number of nitrogens with one attached hydrogen (secondary N) is 1. The van der Waals surface area contributed by atoms with Crippen molar-refractivity contribution in [3.63, 3.8) is 0 Å². The Kier molecular flexibility index (Phi) is 2.74. The summed E-state index contributed by atoms with van der Waals surface area (Å²) in [6.07, 6.45) is 3.35. The lowest BCUT2D eigenvalue weighted by molar-refractivity contribution is -0.139. The third-order valence-corrected chi connectivity index (χ3v) is 5.90. The molecule has 112 valence electrons. The van der Waals surface area contributed by atoms with Gasteiger partial charge in [-0.1, -0.05) is 44.2 Å². The first-order valence-electron chi connectivity index (χ1n) is 8.04. The molecule has 0 bridgehead atoms. The molecular formula is C18H23NO2. The normalized spacial score (nSPS) is 34.7. The maximum Gasteiger partial charge on any atom is 0.230 e. The molecule has 21 heavy (non-hydrogen) atoms. The molecule has 1 N–H and O–H groups in total. The summed E-state index contributed by atoms with van der Waals surface area (Å²) >= 11 is 0. The lowest BCUT2D eigenvalue weighted by Crippen LogP contribution is -2.67. The number of carbonyl (C=O) groups excluding carboxylic acids is 1. The second-order valence-corrected chi connectivity index (χ2v) is 7.46. The second kappa shape index (κ2) is 4.33. The van der Waals surface area contributed by atoms with E-state index in [1.807, 2.05) is 18.2 Å². The smallest absolute Gasteiger partial charge is 0.230 e. The van der Waals surface area contributed by atoms with Gasteiger partial charge in [-0.05, 0) is 24.8 Å². The van der Waals surface area contributed by atoms with E-state index >= 15 is 0 Å². The minimum Gasteiger partial charge on any atom is -0.377 e. The van der Waals surface area contributed by atoms with Crippen LogP contribution in [0, 0.1) is 11.3 Å². The molecule has 1 amide bonds. The SMILES string of the molecule is CC1(C)C(NC(=O)C2(c3ccccc3)CC2)C2CCOC21. The molecule has 1 heterocycles. The molecule has 0 radical (unpaired) electrons. The van der Waals surface area contributed by atoms with Gasteiger partial charge in [-0.3, -0.25) is 4.79 Å². The van der Waals surface area contributed by atoms with Crippen LogP contribution in [-0.4, -0.2) is 24.7 Å². The quantitative estimate of drug-likeness (QED) is 0.927. The summed E-state index contributed by atoms with van der Waals surface area (Å²) in [5.41, 5.74) is 0.963. The molecule has 2 saturated carbocycles. The zero-order chi connectivity index (χ0) is 14.7. The van der Waals surface area contributed by atoms with E-state index in [-0.39, 0.29) is 22.8 Å². The largest absolute Gasteiger partial charge is 0.377 e. The van der Waals surface area contributed by atoms with Crippen molar-refractivity contribution < 1.29 is 9.53 Å². The third kappa shape index (κ3) is 1.80. The van der Waals surface area contributed by atoms with Gasteiger partial charge in [-0.15, -0.1) is 0 Å². The Morgan fingerprint density at radius 3 is 2.62 bits per heavy atom. The number of ether oxygens (including phenoxy) is 1. The van der Waals surface area contributed by atoms with Crippen molar-refractivity contribution in [2.45, 2.75) is 50.7 Å². The van der Waals surface area contributed by atoms with E-state index in [2.05, 4.69) is 31.3 Å². The number of carbonyl (C=O) groups is 1. The number of benzene rings is 1. The number of amides is 1. The van der Waals surface area contributed by atoms with Crippen LogP contribution in [0.4, 0.5) is 0 Å². The molecule has 1 aliphatic heterocycles. The van der Waals surface area contributed by atoms with Gasteiger partial charge in [0.25, 0.3) is 0 Å². The van der Waals surface area contributed by atoms with Gasteiger partial charge in [0.15, 0.2) is 0 Å². The molecule has 3 heteroatoms. The maximum atomic E-state index is 12.9. The highest BCUT2D eigenvalue weighted by Gasteiger charge is 2.61. The summed E-state index contributed by atoms with van der Waals surface area (Å²) in [6, 6.07) is 10.5. The van der Waals surface area contributed by atoms with Crippen molar-refractivity contribution in [3.8, 4) is 0 Å². The van der Waals surface area contributed by atoms with Crippen molar-refractivity contribution in [2.24, 2.45) is 11.3 Å². The lowest BCUT2D eigenvalue weighted by Gasteiger charge is -2.54. The van der Waals surface area contributed by atoms with Crippen LogP contribution in [0.2, 0.25) is 0 Å². The first kappa shape index (κ1) is 13.3. The van der Waals surface area contributed by atoms with Crippen LogP contribution in [-0.2, 0) is 14.9 Å². The first-order valence-corrected chi connectivity index (χ1v) is 8.04. The molecule has 1 aromatic rings. The average Bonchev–Trinajstić information content (AvgIpc) is 3.18. The van der Waals surface area contributed by atoms with Gasteiger partial charge >= 0.3 is 0 Å². The fraction of sp³-hybridized carbons (Fsp3) is 0.611. The van der Waals surface area contributed by atoms with Crippen LogP contribution in [0.15, 0.2) is 30.3 Å². The highest BCUT2D eigenvalue weighted by molar-refractivity contribution is 5.91. The van der Waals surface area contributed by atoms with Crippen molar-refractivity contribution >= 4 is 5.91 Å². The van der Waals surface area contributed by atoms with Gasteiger partial charge in [0, 0.05) is 24.0 Å². The predicted molar refractivity (Wildman–Crippen MR) is 80.9 cm³/mol. The summed E-state index contributed by atoms with van der Waals surface area (Å²) in [7, 11) is 0. The van der Waals surface area contributed by atoms with Crippen LogP contribution in [0.1, 0.15) is 38.7 Å². The summed E-state index contributed by atoms with van der Waals surface area (Å²) in [6.45, 7) is 5.27. The Morgan fingerprint density at radius 2 is 1.95 bits per heavy atom. The van der Waals surface area contributed by atoms with E-state index < -0.39 is 0 Å². The van der Waals surface area contributed by atoms with Gasteiger partial charge < -0.3 is 10.1 Å². The van der Waals surface area contributed by atoms with Crippen molar-refractivity contribution in [3.05, 3.63) is 35.9 Å². The molecule has 1 aromatic carbocycles. The lowest BCUT2D eigenvalue weighted by atomic mass is 9.57. The maximum absolute atomic E-state index is 12.9. The van der Waals surface area contributed by atoms with Gasteiger partial charge in [0.2, 0.25) is 5.91 Å².